The van der Waals surface area contributed by atoms with Crippen LogP contribution in [-0.4, -0.2) is 18.9 Å². The highest BCUT2D eigenvalue weighted by Gasteiger charge is 2.40. The Labute approximate surface area is 157 Å². The number of nitrogens with two attached hydrogens (primary N) is 1. The third kappa shape index (κ3) is 3.31. The summed E-state index contributed by atoms with van der Waals surface area (Å²) in [4.78, 5) is 1.28. The van der Waals surface area contributed by atoms with Crippen LogP contribution in [0.2, 0.25) is 0 Å². The first-order chi connectivity index (χ1) is 12.5. The molecule has 0 saturated heterocycles. The maximum atomic E-state index is 12.9. The highest BCUT2D eigenvalue weighted by molar-refractivity contribution is 7.89. The van der Waals surface area contributed by atoms with E-state index in [4.69, 9.17) is 5.73 Å². The topological polar surface area (TPSA) is 87.2 Å². The minimum atomic E-state index is -3.80. The molecule has 0 saturated carbocycles. The molecular weight excluding hydrogens is 366 g/mol. The number of thiophene rings is 1. The van der Waals surface area contributed by atoms with Crippen LogP contribution in [0.5, 0.6) is 0 Å². The third-order valence-electron chi connectivity index (χ3n) is 4.52. The summed E-state index contributed by atoms with van der Waals surface area (Å²) in [5, 5.41) is 11.5. The monoisotopic (exact) mass is 385 g/mol. The lowest BCUT2D eigenvalue weighted by Gasteiger charge is -2.27. The molecule has 2 heterocycles. The summed E-state index contributed by atoms with van der Waals surface area (Å²) in [6.07, 6.45) is 2.90. The van der Waals surface area contributed by atoms with E-state index in [0.29, 0.717) is 12.0 Å². The molecule has 0 aliphatic carbocycles. The number of nitrogens with zero attached hydrogens (tertiary/aromatic N) is 2. The molecule has 134 valence electrons. The van der Waals surface area contributed by atoms with Crippen molar-refractivity contribution in [2.75, 3.05) is 0 Å². The normalized spacial score (nSPS) is 21.1. The van der Waals surface area contributed by atoms with Gasteiger partial charge in [-0.05, 0) is 30.0 Å². The zero-order chi connectivity index (χ0) is 18.7. The average Bonchev–Trinajstić information content (AvgIpc) is 3.29. The third-order valence-corrected chi connectivity index (χ3v) is 7.30. The molecule has 0 spiro atoms. The van der Waals surface area contributed by atoms with Gasteiger partial charge in [-0.1, -0.05) is 30.3 Å². The Morgan fingerprint density at radius 1 is 1.31 bits per heavy atom. The van der Waals surface area contributed by atoms with E-state index < -0.39 is 16.2 Å². The zero-order valence-electron chi connectivity index (χ0n) is 14.0. The molecule has 2 aromatic rings. The van der Waals surface area contributed by atoms with Crippen LogP contribution in [0.15, 0.2) is 77.2 Å². The summed E-state index contributed by atoms with van der Waals surface area (Å²) in [6.45, 7) is 3.88. The van der Waals surface area contributed by atoms with Gasteiger partial charge >= 0.3 is 0 Å². The molecule has 0 bridgehead atoms. The molecule has 3 unspecified atom stereocenters. The Morgan fingerprint density at radius 3 is 2.62 bits per heavy atom. The molecule has 0 amide bonds. The van der Waals surface area contributed by atoms with Crippen LogP contribution >= 0.6 is 11.3 Å². The summed E-state index contributed by atoms with van der Waals surface area (Å²) in [5.41, 5.74) is 6.66. The van der Waals surface area contributed by atoms with E-state index >= 15 is 0 Å². The molecule has 5 nitrogen and oxygen atoms in total. The summed E-state index contributed by atoms with van der Waals surface area (Å²) in [7, 11) is -3.80. The first-order valence-corrected chi connectivity index (χ1v) is 10.4. The first kappa shape index (κ1) is 18.4. The van der Waals surface area contributed by atoms with Crippen LogP contribution < -0.4 is 5.73 Å². The summed E-state index contributed by atoms with van der Waals surface area (Å²) in [5.74, 6) is -0.370. The van der Waals surface area contributed by atoms with Gasteiger partial charge in [0.2, 0.25) is 0 Å². The number of sulfonamides is 1. The lowest BCUT2D eigenvalue weighted by Crippen LogP contribution is -2.43. The van der Waals surface area contributed by atoms with Gasteiger partial charge in [0.15, 0.2) is 0 Å². The van der Waals surface area contributed by atoms with Crippen molar-refractivity contribution in [1.82, 2.24) is 4.31 Å². The van der Waals surface area contributed by atoms with E-state index in [1.54, 1.807) is 29.5 Å². The van der Waals surface area contributed by atoms with Gasteiger partial charge in [0.05, 0.1) is 22.7 Å². The largest absolute Gasteiger partial charge is 0.310 e. The Kier molecular flexibility index (Phi) is 5.28. The van der Waals surface area contributed by atoms with Crippen LogP contribution in [0.3, 0.4) is 0 Å². The smallest absolute Gasteiger partial charge is 0.265 e. The minimum absolute atomic E-state index is 0.0159. The maximum Gasteiger partial charge on any atom is 0.265 e. The van der Waals surface area contributed by atoms with E-state index in [-0.39, 0.29) is 16.7 Å². The Balaban J connectivity index is 1.90. The second-order valence-electron chi connectivity index (χ2n) is 6.03. The van der Waals surface area contributed by atoms with Crippen molar-refractivity contribution in [1.29, 1.82) is 5.26 Å². The van der Waals surface area contributed by atoms with Gasteiger partial charge in [0.1, 0.15) is 0 Å². The van der Waals surface area contributed by atoms with Crippen LogP contribution in [-0.2, 0) is 10.0 Å². The summed E-state index contributed by atoms with van der Waals surface area (Å²) >= 11 is 1.61. The number of hydrogen-bond acceptors (Lipinski definition) is 5. The number of benzene rings is 1. The molecule has 7 heteroatoms. The van der Waals surface area contributed by atoms with Crippen molar-refractivity contribution >= 4 is 21.4 Å². The molecule has 1 aromatic heterocycles. The SMILES string of the molecule is C=CC(CC1C(C#N)=CN(S(=O)(=O)c2ccccc2)C1N)c1cccs1. The zero-order valence-corrected chi connectivity index (χ0v) is 15.7. The van der Waals surface area contributed by atoms with Crippen molar-refractivity contribution in [3.05, 3.63) is 77.1 Å². The molecule has 0 radical (unpaired) electrons. The minimum Gasteiger partial charge on any atom is -0.310 e. The molecule has 3 rings (SSSR count). The van der Waals surface area contributed by atoms with E-state index in [1.165, 1.54) is 18.3 Å². The van der Waals surface area contributed by atoms with Crippen molar-refractivity contribution in [3.8, 4) is 6.07 Å². The lowest BCUT2D eigenvalue weighted by molar-refractivity contribution is 0.343. The molecule has 1 aromatic carbocycles. The standard InChI is InChI=1S/C19H19N3O2S2/c1-2-14(18-9-6-10-25-18)11-17-15(12-20)13-22(19(17)21)26(23,24)16-7-4-3-5-8-16/h2-10,13-14,17,19H,1,11,21H2. The van der Waals surface area contributed by atoms with E-state index in [2.05, 4.69) is 12.6 Å². The second kappa shape index (κ2) is 7.46. The van der Waals surface area contributed by atoms with Gasteiger partial charge < -0.3 is 5.73 Å². The van der Waals surface area contributed by atoms with Crippen molar-refractivity contribution < 1.29 is 8.42 Å². The predicted octanol–water partition coefficient (Wildman–Crippen LogP) is 3.42. The maximum absolute atomic E-state index is 12.9. The molecule has 26 heavy (non-hydrogen) atoms. The van der Waals surface area contributed by atoms with Crippen LogP contribution in [0.25, 0.3) is 0 Å². The number of rotatable bonds is 6. The fourth-order valence-corrected chi connectivity index (χ4v) is 5.41. The van der Waals surface area contributed by atoms with Crippen LogP contribution in [0, 0.1) is 17.2 Å². The Morgan fingerprint density at radius 2 is 2.04 bits per heavy atom. The number of nitriles is 1. The van der Waals surface area contributed by atoms with Gasteiger partial charge in [0, 0.05) is 22.9 Å². The number of allylic oxidation sites excluding steroid dienone is 1. The van der Waals surface area contributed by atoms with Crippen molar-refractivity contribution in [3.63, 3.8) is 0 Å². The highest BCUT2D eigenvalue weighted by atomic mass is 32.2. The molecule has 3 atom stereocenters. The molecular formula is C19H19N3O2S2. The van der Waals surface area contributed by atoms with Gasteiger partial charge in [-0.25, -0.2) is 8.42 Å². The van der Waals surface area contributed by atoms with Crippen molar-refractivity contribution in [2.45, 2.75) is 23.4 Å². The molecule has 1 aliphatic rings. The fourth-order valence-electron chi connectivity index (χ4n) is 3.11. The van der Waals surface area contributed by atoms with Gasteiger partial charge in [0.25, 0.3) is 10.0 Å². The van der Waals surface area contributed by atoms with Crippen LogP contribution in [0.1, 0.15) is 17.2 Å². The quantitative estimate of drug-likeness (QED) is 0.772. The van der Waals surface area contributed by atoms with Gasteiger partial charge in [-0.15, -0.1) is 17.9 Å². The Hall–Kier alpha value is -2.40. The van der Waals surface area contributed by atoms with Crippen molar-refractivity contribution in [2.24, 2.45) is 11.7 Å². The Bertz CT molecular complexity index is 944. The van der Waals surface area contributed by atoms with E-state index in [0.717, 1.165) is 9.18 Å². The van der Waals surface area contributed by atoms with Gasteiger partial charge in [-0.3, -0.25) is 4.31 Å². The molecule has 0 fully saturated rings. The number of hydrogen-bond donors (Lipinski definition) is 1. The van der Waals surface area contributed by atoms with E-state index in [1.807, 2.05) is 23.6 Å². The van der Waals surface area contributed by atoms with Crippen LogP contribution in [0.4, 0.5) is 0 Å². The summed E-state index contributed by atoms with van der Waals surface area (Å²) in [6, 6.07) is 14.2. The lowest BCUT2D eigenvalue weighted by atomic mass is 9.88. The van der Waals surface area contributed by atoms with Gasteiger partial charge in [-0.2, -0.15) is 5.26 Å². The first-order valence-electron chi connectivity index (χ1n) is 8.11. The van der Waals surface area contributed by atoms with E-state index in [9.17, 15) is 13.7 Å². The average molecular weight is 386 g/mol. The fraction of sp³-hybridized carbons (Fsp3) is 0.211. The second-order valence-corrected chi connectivity index (χ2v) is 8.86. The highest BCUT2D eigenvalue weighted by Crippen LogP contribution is 2.38. The predicted molar refractivity (Wildman–Crippen MR) is 103 cm³/mol. The summed E-state index contributed by atoms with van der Waals surface area (Å²) < 4.78 is 26.9. The molecule has 1 aliphatic heterocycles. The molecule has 2 N–H and O–H groups in total.